The third-order valence-corrected chi connectivity index (χ3v) is 1.33. The third-order valence-electron chi connectivity index (χ3n) is 0.685. The molecule has 0 aliphatic rings. The summed E-state index contributed by atoms with van der Waals surface area (Å²) >= 11 is 0. The van der Waals surface area contributed by atoms with Crippen LogP contribution in [-0.2, 0) is 4.57 Å². The Morgan fingerprint density at radius 2 is 2.00 bits per heavy atom. The Morgan fingerprint density at radius 3 is 2.33 bits per heavy atom. The van der Waals surface area contributed by atoms with Gasteiger partial charge in [-0.05, 0) is 0 Å². The summed E-state index contributed by atoms with van der Waals surface area (Å²) < 4.78 is 10.2. The van der Waals surface area contributed by atoms with Gasteiger partial charge in [-0.2, -0.15) is 0 Å². The van der Waals surface area contributed by atoms with Crippen molar-refractivity contribution in [3.63, 3.8) is 0 Å². The zero-order valence-electron chi connectivity index (χ0n) is 4.35. The van der Waals surface area contributed by atoms with Crippen LogP contribution >= 0.6 is 8.03 Å². The smallest absolute Gasteiger partial charge is 0.254 e. The molecule has 1 atom stereocenters. The summed E-state index contributed by atoms with van der Waals surface area (Å²) in [5, 5.41) is 0. The lowest BCUT2D eigenvalue weighted by Crippen LogP contribution is -2.06. The van der Waals surface area contributed by atoms with Crippen molar-refractivity contribution in [1.29, 1.82) is 0 Å². The molecule has 0 aromatic carbocycles. The van der Waals surface area contributed by atoms with Crippen molar-refractivity contribution in [3.8, 4) is 0 Å². The van der Waals surface area contributed by atoms with E-state index in [0.29, 0.717) is 0 Å². The zero-order chi connectivity index (χ0) is 6.69. The molecule has 0 aliphatic carbocycles. The van der Waals surface area contributed by atoms with Gasteiger partial charge < -0.3 is 4.89 Å². The number of hydrogen-bond donors (Lipinski definition) is 1. The predicted molar refractivity (Wildman–Crippen MR) is 30.7 cm³/mol. The Labute approximate surface area is 51.7 Å². The Hall–Kier alpha value is -0.800. The molecular formula is C3H4N3O2P. The molecule has 1 aromatic rings. The molecule has 9 heavy (non-hydrogen) atoms. The van der Waals surface area contributed by atoms with Crippen molar-refractivity contribution in [2.45, 2.75) is 0 Å². The lowest BCUT2D eigenvalue weighted by molar-refractivity contribution is 0.511. The van der Waals surface area contributed by atoms with E-state index < -0.39 is 8.03 Å². The molecule has 0 fully saturated rings. The van der Waals surface area contributed by atoms with E-state index in [1.165, 1.54) is 12.7 Å². The Bertz CT molecular complexity index is 214. The van der Waals surface area contributed by atoms with Gasteiger partial charge in [0.05, 0.1) is 0 Å². The normalized spacial score (nSPS) is 13.0. The monoisotopic (exact) mass is 145 g/mol. The van der Waals surface area contributed by atoms with Crippen molar-refractivity contribution in [2.24, 2.45) is 0 Å². The first-order valence-electron chi connectivity index (χ1n) is 2.16. The third kappa shape index (κ3) is 1.55. The SMILES string of the molecule is O=[PH](O)c1ncncn1. The molecule has 0 amide bonds. The second kappa shape index (κ2) is 2.66. The highest BCUT2D eigenvalue weighted by atomic mass is 31.1. The van der Waals surface area contributed by atoms with Gasteiger partial charge in [-0.25, -0.2) is 15.0 Å². The van der Waals surface area contributed by atoms with Crippen LogP contribution < -0.4 is 5.57 Å². The topological polar surface area (TPSA) is 76.0 Å². The maximum Gasteiger partial charge on any atom is 0.254 e. The average Bonchev–Trinajstić information content (AvgIpc) is 1.90. The Kier molecular flexibility index (Phi) is 1.87. The minimum absolute atomic E-state index is 0.0463. The summed E-state index contributed by atoms with van der Waals surface area (Å²) in [5.41, 5.74) is -0.0463. The summed E-state index contributed by atoms with van der Waals surface area (Å²) in [4.78, 5) is 18.8. The van der Waals surface area contributed by atoms with Gasteiger partial charge >= 0.3 is 0 Å². The lowest BCUT2D eigenvalue weighted by Gasteiger charge is -1.87. The predicted octanol–water partition coefficient (Wildman–Crippen LogP) is -1.04. The van der Waals surface area contributed by atoms with Gasteiger partial charge in [-0.1, -0.05) is 0 Å². The van der Waals surface area contributed by atoms with Crippen LogP contribution in [0, 0.1) is 0 Å². The van der Waals surface area contributed by atoms with Crippen LogP contribution in [-0.4, -0.2) is 19.8 Å². The summed E-state index contributed by atoms with van der Waals surface area (Å²) in [7, 11) is -2.72. The zero-order valence-corrected chi connectivity index (χ0v) is 5.35. The lowest BCUT2D eigenvalue weighted by atomic mass is 11.1. The molecule has 0 saturated heterocycles. The number of aromatic nitrogens is 3. The van der Waals surface area contributed by atoms with E-state index in [9.17, 15) is 4.57 Å². The van der Waals surface area contributed by atoms with Gasteiger partial charge in [0.1, 0.15) is 12.7 Å². The van der Waals surface area contributed by atoms with Gasteiger partial charge in [-0.3, -0.25) is 4.57 Å². The fourth-order valence-corrected chi connectivity index (χ4v) is 0.686. The highest BCUT2D eigenvalue weighted by Gasteiger charge is 1.97. The minimum atomic E-state index is -2.72. The molecule has 0 saturated carbocycles. The highest BCUT2D eigenvalue weighted by molar-refractivity contribution is 7.46. The molecule has 1 heterocycles. The molecule has 0 bridgehead atoms. The minimum Gasteiger partial charge on any atom is -0.341 e. The molecular weight excluding hydrogens is 141 g/mol. The molecule has 0 spiro atoms. The van der Waals surface area contributed by atoms with Crippen LogP contribution in [0.25, 0.3) is 0 Å². The summed E-state index contributed by atoms with van der Waals surface area (Å²) in [6, 6.07) is 0. The first-order chi connectivity index (χ1) is 4.30. The Morgan fingerprint density at radius 1 is 1.44 bits per heavy atom. The van der Waals surface area contributed by atoms with Crippen LogP contribution in [0.4, 0.5) is 0 Å². The molecule has 5 nitrogen and oxygen atoms in total. The van der Waals surface area contributed by atoms with Crippen molar-refractivity contribution in [3.05, 3.63) is 12.7 Å². The van der Waals surface area contributed by atoms with E-state index in [2.05, 4.69) is 15.0 Å². The van der Waals surface area contributed by atoms with Crippen molar-refractivity contribution < 1.29 is 9.46 Å². The van der Waals surface area contributed by atoms with E-state index in [4.69, 9.17) is 4.89 Å². The van der Waals surface area contributed by atoms with E-state index in [1.54, 1.807) is 0 Å². The number of hydrogen-bond acceptors (Lipinski definition) is 4. The fraction of sp³-hybridized carbons (Fsp3) is 0. The molecule has 1 unspecified atom stereocenters. The number of rotatable bonds is 1. The second-order valence-electron chi connectivity index (χ2n) is 1.27. The molecule has 1 N–H and O–H groups in total. The summed E-state index contributed by atoms with van der Waals surface area (Å²) in [5.74, 6) is 0. The quantitative estimate of drug-likeness (QED) is 0.511. The first-order valence-corrected chi connectivity index (χ1v) is 3.51. The average molecular weight is 145 g/mol. The van der Waals surface area contributed by atoms with Crippen molar-refractivity contribution in [2.75, 3.05) is 0 Å². The van der Waals surface area contributed by atoms with Crippen LogP contribution in [0.5, 0.6) is 0 Å². The maximum absolute atomic E-state index is 10.2. The van der Waals surface area contributed by atoms with Crippen molar-refractivity contribution in [1.82, 2.24) is 15.0 Å². The van der Waals surface area contributed by atoms with Gasteiger partial charge in [0.15, 0.2) is 0 Å². The second-order valence-corrected chi connectivity index (χ2v) is 2.32. The molecule has 1 aromatic heterocycles. The molecule has 1 rings (SSSR count). The fourth-order valence-electron chi connectivity index (χ4n) is 0.350. The largest absolute Gasteiger partial charge is 0.341 e. The molecule has 6 heteroatoms. The van der Waals surface area contributed by atoms with Crippen molar-refractivity contribution >= 4 is 13.6 Å². The van der Waals surface area contributed by atoms with Gasteiger partial charge in [-0.15, -0.1) is 0 Å². The first kappa shape index (κ1) is 6.32. The van der Waals surface area contributed by atoms with Crippen LogP contribution in [0.1, 0.15) is 0 Å². The summed E-state index contributed by atoms with van der Waals surface area (Å²) in [6.45, 7) is 0. The van der Waals surface area contributed by atoms with E-state index >= 15 is 0 Å². The Balaban J connectivity index is 2.98. The maximum atomic E-state index is 10.2. The molecule has 48 valence electrons. The number of nitrogens with zero attached hydrogens (tertiary/aromatic N) is 3. The van der Waals surface area contributed by atoms with Crippen LogP contribution in [0.3, 0.4) is 0 Å². The van der Waals surface area contributed by atoms with E-state index in [-0.39, 0.29) is 5.57 Å². The standard InChI is InChI=1S/C3H4N3O2P/c7-9(8)3-5-1-4-2-6-3/h1-2,9H,(H,7,8). The van der Waals surface area contributed by atoms with Crippen LogP contribution in [0.2, 0.25) is 0 Å². The highest BCUT2D eigenvalue weighted by Crippen LogP contribution is 2.05. The van der Waals surface area contributed by atoms with Gasteiger partial charge in [0.25, 0.3) is 8.03 Å². The van der Waals surface area contributed by atoms with Crippen LogP contribution in [0.15, 0.2) is 12.7 Å². The van der Waals surface area contributed by atoms with E-state index in [0.717, 1.165) is 0 Å². The molecule has 0 aliphatic heterocycles. The molecule has 0 radical (unpaired) electrons. The summed E-state index contributed by atoms with van der Waals surface area (Å²) in [6.07, 6.45) is 2.36. The van der Waals surface area contributed by atoms with Gasteiger partial charge in [0.2, 0.25) is 5.57 Å². The van der Waals surface area contributed by atoms with E-state index in [1.807, 2.05) is 0 Å². The van der Waals surface area contributed by atoms with Gasteiger partial charge in [0, 0.05) is 0 Å².